The Morgan fingerprint density at radius 2 is 2.06 bits per heavy atom. The molecule has 3 nitrogen and oxygen atoms in total. The number of carbonyl (C=O) groups excluding carboxylic acids is 1. The van der Waals surface area contributed by atoms with Crippen LogP contribution in [0.3, 0.4) is 0 Å². The maximum Gasteiger partial charge on any atom is 0.312 e. The third-order valence-electron chi connectivity index (χ3n) is 3.97. The molecule has 0 amide bonds. The molecule has 1 aliphatic carbocycles. The summed E-state index contributed by atoms with van der Waals surface area (Å²) in [5.41, 5.74) is 4.18. The highest BCUT2D eigenvalue weighted by Gasteiger charge is 2.54. The van der Waals surface area contributed by atoms with Gasteiger partial charge in [-0.25, -0.2) is 0 Å². The molecule has 0 saturated carbocycles. The zero-order valence-corrected chi connectivity index (χ0v) is 10.7. The summed E-state index contributed by atoms with van der Waals surface area (Å²) < 4.78 is 5.17. The smallest absolute Gasteiger partial charge is 0.312 e. The van der Waals surface area contributed by atoms with Gasteiger partial charge in [-0.1, -0.05) is 30.7 Å². The lowest BCUT2D eigenvalue weighted by molar-refractivity contribution is -0.174. The zero-order chi connectivity index (χ0) is 13.1. The van der Waals surface area contributed by atoms with Crippen LogP contribution in [-0.4, -0.2) is 16.9 Å². The van der Waals surface area contributed by atoms with Crippen molar-refractivity contribution in [1.82, 2.24) is 0 Å². The summed E-state index contributed by atoms with van der Waals surface area (Å²) >= 11 is 0. The lowest BCUT2D eigenvalue weighted by atomic mass is 9.75. The number of esters is 1. The van der Waals surface area contributed by atoms with Crippen molar-refractivity contribution in [1.29, 1.82) is 0 Å². The van der Waals surface area contributed by atoms with Crippen LogP contribution >= 0.6 is 0 Å². The van der Waals surface area contributed by atoms with E-state index in [2.05, 4.69) is 0 Å². The van der Waals surface area contributed by atoms with Gasteiger partial charge in [-0.05, 0) is 36.6 Å². The Morgan fingerprint density at radius 1 is 1.33 bits per heavy atom. The first-order valence-electron chi connectivity index (χ1n) is 6.18. The number of fused-ring (bicyclic) bond motifs is 3. The van der Waals surface area contributed by atoms with Gasteiger partial charge < -0.3 is 9.84 Å². The molecule has 94 valence electrons. The van der Waals surface area contributed by atoms with Gasteiger partial charge in [0.25, 0.3) is 0 Å². The van der Waals surface area contributed by atoms with E-state index < -0.39 is 5.79 Å². The average Bonchev–Trinajstić information content (AvgIpc) is 2.49. The molecule has 0 aromatic heterocycles. The molecule has 18 heavy (non-hydrogen) atoms. The van der Waals surface area contributed by atoms with Gasteiger partial charge in [0, 0.05) is 0 Å². The van der Waals surface area contributed by atoms with Crippen LogP contribution in [0.5, 0.6) is 0 Å². The number of aliphatic hydroxyl groups is 1. The molecule has 1 heterocycles. The second-order valence-corrected chi connectivity index (χ2v) is 5.36. The normalized spacial score (nSPS) is 33.6. The predicted molar refractivity (Wildman–Crippen MR) is 67.8 cm³/mol. The molecule has 1 aliphatic heterocycles. The number of benzene rings is 1. The molecular weight excluding hydrogens is 228 g/mol. The summed E-state index contributed by atoms with van der Waals surface area (Å²) in [6.07, 6.45) is 1.66. The zero-order valence-electron chi connectivity index (χ0n) is 10.7. The Hall–Kier alpha value is -1.61. The van der Waals surface area contributed by atoms with Gasteiger partial charge in [-0.15, -0.1) is 0 Å². The molecule has 0 spiro atoms. The van der Waals surface area contributed by atoms with Crippen molar-refractivity contribution in [3.63, 3.8) is 0 Å². The number of ether oxygens (including phenoxy) is 1. The van der Waals surface area contributed by atoms with Gasteiger partial charge >= 0.3 is 5.97 Å². The van der Waals surface area contributed by atoms with E-state index in [0.29, 0.717) is 0 Å². The summed E-state index contributed by atoms with van der Waals surface area (Å²) in [7, 11) is 0. The van der Waals surface area contributed by atoms with E-state index in [1.807, 2.05) is 39.0 Å². The SMILES string of the molecule is CC1=CC2(O)OC(=O)C(C)C2c2cc(C)ccc21. The molecule has 1 aromatic carbocycles. The molecule has 3 atom stereocenters. The number of rotatable bonds is 0. The van der Waals surface area contributed by atoms with Crippen molar-refractivity contribution in [3.8, 4) is 0 Å². The van der Waals surface area contributed by atoms with E-state index >= 15 is 0 Å². The highest BCUT2D eigenvalue weighted by Crippen LogP contribution is 2.50. The second kappa shape index (κ2) is 3.45. The molecule has 3 heteroatoms. The van der Waals surface area contributed by atoms with Crippen molar-refractivity contribution in [2.24, 2.45) is 5.92 Å². The maximum atomic E-state index is 11.7. The molecule has 2 aliphatic rings. The van der Waals surface area contributed by atoms with Gasteiger partial charge in [0.05, 0.1) is 11.8 Å². The second-order valence-electron chi connectivity index (χ2n) is 5.36. The van der Waals surface area contributed by atoms with Crippen LogP contribution in [-0.2, 0) is 9.53 Å². The molecule has 3 unspecified atom stereocenters. The Bertz CT molecular complexity index is 573. The Labute approximate surface area is 106 Å². The van der Waals surface area contributed by atoms with E-state index in [1.54, 1.807) is 6.08 Å². The van der Waals surface area contributed by atoms with Crippen LogP contribution in [0.2, 0.25) is 0 Å². The lowest BCUT2D eigenvalue weighted by Gasteiger charge is -2.32. The van der Waals surface area contributed by atoms with Crippen molar-refractivity contribution >= 4 is 11.5 Å². The molecule has 3 rings (SSSR count). The van der Waals surface area contributed by atoms with Gasteiger partial charge in [0.1, 0.15) is 0 Å². The van der Waals surface area contributed by atoms with E-state index in [9.17, 15) is 9.90 Å². The Morgan fingerprint density at radius 3 is 2.78 bits per heavy atom. The third-order valence-corrected chi connectivity index (χ3v) is 3.97. The monoisotopic (exact) mass is 244 g/mol. The van der Waals surface area contributed by atoms with E-state index in [4.69, 9.17) is 4.74 Å². The largest absolute Gasteiger partial charge is 0.428 e. The first-order chi connectivity index (χ1) is 8.42. The van der Waals surface area contributed by atoms with Crippen LogP contribution in [0, 0.1) is 12.8 Å². The average molecular weight is 244 g/mol. The predicted octanol–water partition coefficient (Wildman–Crippen LogP) is 2.38. The highest BCUT2D eigenvalue weighted by molar-refractivity contribution is 5.82. The van der Waals surface area contributed by atoms with Crippen molar-refractivity contribution in [2.45, 2.75) is 32.5 Å². The Balaban J connectivity index is 2.26. The van der Waals surface area contributed by atoms with Gasteiger partial charge in [0.2, 0.25) is 5.79 Å². The highest BCUT2D eigenvalue weighted by atomic mass is 16.7. The fourth-order valence-electron chi connectivity index (χ4n) is 3.11. The molecule has 1 saturated heterocycles. The van der Waals surface area contributed by atoms with Crippen molar-refractivity contribution < 1.29 is 14.6 Å². The fraction of sp³-hybridized carbons (Fsp3) is 0.400. The molecule has 1 aromatic rings. The van der Waals surface area contributed by atoms with Gasteiger partial charge in [-0.2, -0.15) is 0 Å². The maximum absolute atomic E-state index is 11.7. The summed E-state index contributed by atoms with van der Waals surface area (Å²) in [4.78, 5) is 11.7. The van der Waals surface area contributed by atoms with E-state index in [-0.39, 0.29) is 17.8 Å². The summed E-state index contributed by atoms with van der Waals surface area (Å²) in [5.74, 6) is -2.43. The molecular formula is C15H16O3. The molecule has 0 bridgehead atoms. The van der Waals surface area contributed by atoms with Crippen LogP contribution < -0.4 is 0 Å². The topological polar surface area (TPSA) is 46.5 Å². The minimum absolute atomic E-state index is 0.302. The number of hydrogen-bond donors (Lipinski definition) is 1. The first-order valence-corrected chi connectivity index (χ1v) is 6.18. The minimum atomic E-state index is -1.47. The van der Waals surface area contributed by atoms with Crippen LogP contribution in [0.4, 0.5) is 0 Å². The number of carbonyl (C=O) groups is 1. The summed E-state index contributed by atoms with van der Waals surface area (Å²) in [5, 5.41) is 10.5. The quantitative estimate of drug-likeness (QED) is 0.713. The van der Waals surface area contributed by atoms with Crippen molar-refractivity contribution in [3.05, 3.63) is 41.0 Å². The number of hydrogen-bond acceptors (Lipinski definition) is 3. The van der Waals surface area contributed by atoms with Gasteiger partial charge in [0.15, 0.2) is 0 Å². The van der Waals surface area contributed by atoms with Crippen LogP contribution in [0.1, 0.15) is 36.5 Å². The van der Waals surface area contributed by atoms with E-state index in [0.717, 1.165) is 22.3 Å². The third kappa shape index (κ3) is 1.37. The van der Waals surface area contributed by atoms with Crippen LogP contribution in [0.25, 0.3) is 5.57 Å². The summed E-state index contributed by atoms with van der Waals surface area (Å²) in [6.45, 7) is 5.75. The fourth-order valence-corrected chi connectivity index (χ4v) is 3.11. The lowest BCUT2D eigenvalue weighted by Crippen LogP contribution is -2.35. The molecule has 1 fully saturated rings. The van der Waals surface area contributed by atoms with Crippen LogP contribution in [0.15, 0.2) is 24.3 Å². The minimum Gasteiger partial charge on any atom is -0.428 e. The molecule has 0 radical (unpaired) electrons. The van der Waals surface area contributed by atoms with E-state index in [1.165, 1.54) is 0 Å². The number of aryl methyl sites for hydroxylation is 1. The Kier molecular flexibility index (Phi) is 2.20. The molecule has 1 N–H and O–H groups in total. The standard InChI is InChI=1S/C15H16O3/c1-8-4-5-11-9(2)7-15(17)13(12(11)6-8)10(3)14(16)18-15/h4-7,10,13,17H,1-3H3. The number of allylic oxidation sites excluding steroid dienone is 1. The summed E-state index contributed by atoms with van der Waals surface area (Å²) in [6, 6.07) is 6.13. The van der Waals surface area contributed by atoms with Gasteiger partial charge in [-0.3, -0.25) is 4.79 Å². The van der Waals surface area contributed by atoms with Crippen molar-refractivity contribution in [2.75, 3.05) is 0 Å². The first kappa shape index (κ1) is 11.5.